The van der Waals surface area contributed by atoms with Gasteiger partial charge in [0, 0.05) is 24.9 Å². The van der Waals surface area contributed by atoms with Gasteiger partial charge >= 0.3 is 5.97 Å². The molecule has 4 nitrogen and oxygen atoms in total. The van der Waals surface area contributed by atoms with Crippen molar-refractivity contribution in [1.29, 1.82) is 0 Å². The first kappa shape index (κ1) is 13.9. The van der Waals surface area contributed by atoms with Crippen molar-refractivity contribution in [2.45, 2.75) is 32.1 Å². The molecule has 4 heteroatoms. The number of rotatable bonds is 2. The van der Waals surface area contributed by atoms with Crippen LogP contribution in [0.25, 0.3) is 0 Å². The number of nitrogens with zero attached hydrogens (tertiary/aromatic N) is 2. The van der Waals surface area contributed by atoms with Crippen LogP contribution in [0.1, 0.15) is 37.7 Å². The van der Waals surface area contributed by atoms with Crippen molar-refractivity contribution in [3.8, 4) is 0 Å². The lowest BCUT2D eigenvalue weighted by molar-refractivity contribution is -0.136. The molecular formula is C17H20N2O2. The molecule has 1 aromatic carbocycles. The monoisotopic (exact) mass is 284 g/mol. The zero-order valence-electron chi connectivity index (χ0n) is 12.1. The fourth-order valence-electron chi connectivity index (χ4n) is 2.78. The minimum atomic E-state index is -0.351. The van der Waals surface area contributed by atoms with E-state index in [9.17, 15) is 4.79 Å². The smallest absolute Gasteiger partial charge is 0.369 e. The first-order valence-electron chi connectivity index (χ1n) is 7.65. The Morgan fingerprint density at radius 1 is 1.00 bits per heavy atom. The molecule has 0 aromatic heterocycles. The topological polar surface area (TPSA) is 41.9 Å². The zero-order chi connectivity index (χ0) is 14.5. The van der Waals surface area contributed by atoms with Gasteiger partial charge in [-0.1, -0.05) is 54.8 Å². The first-order valence-corrected chi connectivity index (χ1v) is 7.65. The lowest BCUT2D eigenvalue weighted by atomic mass is 10.0. The van der Waals surface area contributed by atoms with Gasteiger partial charge < -0.3 is 9.74 Å². The van der Waals surface area contributed by atoms with E-state index >= 15 is 0 Å². The van der Waals surface area contributed by atoms with Gasteiger partial charge in [-0.2, -0.15) is 0 Å². The maximum Gasteiger partial charge on any atom is 0.369 e. The van der Waals surface area contributed by atoms with Crippen LogP contribution in [0.5, 0.6) is 0 Å². The van der Waals surface area contributed by atoms with E-state index in [4.69, 9.17) is 4.84 Å². The molecule has 0 atom stereocenters. The molecule has 0 aliphatic carbocycles. The predicted octanol–water partition coefficient (Wildman–Crippen LogP) is 3.10. The minimum Gasteiger partial charge on any atom is -0.377 e. The van der Waals surface area contributed by atoms with E-state index in [0.29, 0.717) is 11.3 Å². The third kappa shape index (κ3) is 3.32. The largest absolute Gasteiger partial charge is 0.377 e. The molecule has 2 aliphatic heterocycles. The van der Waals surface area contributed by atoms with Crippen LogP contribution < -0.4 is 0 Å². The van der Waals surface area contributed by atoms with Crippen LogP contribution >= 0.6 is 0 Å². The fraction of sp³-hybridized carbons (Fsp3) is 0.412. The SMILES string of the molecule is O=C1ON=C(c2ccccc2)/C1=C/N1CCCCCCC1. The molecule has 0 bridgehead atoms. The minimum absolute atomic E-state index is 0.351. The highest BCUT2D eigenvalue weighted by atomic mass is 16.7. The average molecular weight is 284 g/mol. The quantitative estimate of drug-likeness (QED) is 0.619. The standard InChI is InChI=1S/C17H20N2O2/c20-17-15(13-19-11-7-2-1-3-8-12-19)16(18-21-17)14-9-5-4-6-10-14/h4-6,9-10,13H,1-3,7-8,11-12H2/b15-13-. The molecule has 0 unspecified atom stereocenters. The van der Waals surface area contributed by atoms with E-state index in [1.54, 1.807) is 0 Å². The second-order valence-electron chi connectivity index (χ2n) is 5.53. The van der Waals surface area contributed by atoms with Gasteiger partial charge in [-0.25, -0.2) is 4.79 Å². The highest BCUT2D eigenvalue weighted by molar-refractivity contribution is 6.28. The Morgan fingerprint density at radius 2 is 1.67 bits per heavy atom. The second kappa shape index (κ2) is 6.57. The lowest BCUT2D eigenvalue weighted by Gasteiger charge is -2.23. The van der Waals surface area contributed by atoms with Crippen LogP contribution in [-0.2, 0) is 9.63 Å². The summed E-state index contributed by atoms with van der Waals surface area (Å²) in [6.45, 7) is 2.00. The number of carbonyl (C=O) groups is 1. The summed E-state index contributed by atoms with van der Waals surface area (Å²) in [6.07, 6.45) is 8.15. The molecular weight excluding hydrogens is 264 g/mol. The summed E-state index contributed by atoms with van der Waals surface area (Å²) in [5.74, 6) is -0.351. The van der Waals surface area contributed by atoms with Crippen LogP contribution in [0.3, 0.4) is 0 Å². The van der Waals surface area contributed by atoms with Crippen molar-refractivity contribution >= 4 is 11.7 Å². The third-order valence-electron chi connectivity index (χ3n) is 3.94. The summed E-state index contributed by atoms with van der Waals surface area (Å²) >= 11 is 0. The predicted molar refractivity (Wildman–Crippen MR) is 81.8 cm³/mol. The van der Waals surface area contributed by atoms with Crippen molar-refractivity contribution in [2.75, 3.05) is 13.1 Å². The van der Waals surface area contributed by atoms with E-state index in [2.05, 4.69) is 10.1 Å². The summed E-state index contributed by atoms with van der Waals surface area (Å²) in [6, 6.07) is 9.72. The Balaban J connectivity index is 1.82. The van der Waals surface area contributed by atoms with Crippen LogP contribution in [0.15, 0.2) is 47.3 Å². The van der Waals surface area contributed by atoms with Crippen molar-refractivity contribution in [3.05, 3.63) is 47.7 Å². The maximum atomic E-state index is 12.0. The fourth-order valence-corrected chi connectivity index (χ4v) is 2.78. The van der Waals surface area contributed by atoms with Gasteiger partial charge in [0.05, 0.1) is 0 Å². The maximum absolute atomic E-state index is 12.0. The van der Waals surface area contributed by atoms with Gasteiger partial charge in [-0.3, -0.25) is 0 Å². The molecule has 0 spiro atoms. The van der Waals surface area contributed by atoms with Gasteiger partial charge in [0.15, 0.2) is 0 Å². The summed E-state index contributed by atoms with van der Waals surface area (Å²) in [4.78, 5) is 19.1. The third-order valence-corrected chi connectivity index (χ3v) is 3.94. The molecule has 2 heterocycles. The Kier molecular flexibility index (Phi) is 4.34. The van der Waals surface area contributed by atoms with Crippen molar-refractivity contribution in [2.24, 2.45) is 5.16 Å². The Bertz CT molecular complexity index is 555. The van der Waals surface area contributed by atoms with Gasteiger partial charge in [0.2, 0.25) is 0 Å². The van der Waals surface area contributed by atoms with Crippen molar-refractivity contribution in [1.82, 2.24) is 4.90 Å². The number of hydrogen-bond acceptors (Lipinski definition) is 4. The van der Waals surface area contributed by atoms with Crippen LogP contribution in [-0.4, -0.2) is 29.7 Å². The number of likely N-dealkylation sites (tertiary alicyclic amines) is 1. The van der Waals surface area contributed by atoms with E-state index in [-0.39, 0.29) is 5.97 Å². The molecule has 1 saturated heterocycles. The van der Waals surface area contributed by atoms with Crippen molar-refractivity contribution in [3.63, 3.8) is 0 Å². The first-order chi connectivity index (χ1) is 10.3. The van der Waals surface area contributed by atoms with Crippen LogP contribution in [0.2, 0.25) is 0 Å². The molecule has 1 aromatic rings. The highest BCUT2D eigenvalue weighted by Gasteiger charge is 2.27. The molecule has 0 radical (unpaired) electrons. The summed E-state index contributed by atoms with van der Waals surface area (Å²) in [5, 5.41) is 3.95. The zero-order valence-corrected chi connectivity index (χ0v) is 12.1. The van der Waals surface area contributed by atoms with Gasteiger partial charge in [0.25, 0.3) is 0 Å². The van der Waals surface area contributed by atoms with E-state index in [1.807, 2.05) is 36.5 Å². The molecule has 0 amide bonds. The molecule has 21 heavy (non-hydrogen) atoms. The normalized spacial score (nSPS) is 21.7. The molecule has 110 valence electrons. The lowest BCUT2D eigenvalue weighted by Crippen LogP contribution is -2.24. The van der Waals surface area contributed by atoms with Gasteiger partial charge in [-0.05, 0) is 12.8 Å². The second-order valence-corrected chi connectivity index (χ2v) is 5.53. The Labute approximate surface area is 125 Å². The van der Waals surface area contributed by atoms with E-state index in [0.717, 1.165) is 18.7 Å². The average Bonchev–Trinajstić information content (AvgIpc) is 2.84. The van der Waals surface area contributed by atoms with Gasteiger partial charge in [0.1, 0.15) is 11.3 Å². The number of carbonyl (C=O) groups excluding carboxylic acids is 1. The van der Waals surface area contributed by atoms with Gasteiger partial charge in [-0.15, -0.1) is 0 Å². The van der Waals surface area contributed by atoms with E-state index < -0.39 is 0 Å². The summed E-state index contributed by atoms with van der Waals surface area (Å²) in [7, 11) is 0. The number of hydrogen-bond donors (Lipinski definition) is 0. The number of benzene rings is 1. The van der Waals surface area contributed by atoms with E-state index in [1.165, 1.54) is 32.1 Å². The Hall–Kier alpha value is -2.10. The Morgan fingerprint density at radius 3 is 2.38 bits per heavy atom. The molecule has 0 saturated carbocycles. The highest BCUT2D eigenvalue weighted by Crippen LogP contribution is 2.20. The summed E-state index contributed by atoms with van der Waals surface area (Å²) < 4.78 is 0. The van der Waals surface area contributed by atoms with Crippen LogP contribution in [0, 0.1) is 0 Å². The summed E-state index contributed by atoms with van der Waals surface area (Å²) in [5.41, 5.74) is 2.13. The van der Waals surface area contributed by atoms with Crippen molar-refractivity contribution < 1.29 is 9.63 Å². The molecule has 2 aliphatic rings. The van der Waals surface area contributed by atoms with Crippen LogP contribution in [0.4, 0.5) is 0 Å². The molecule has 3 rings (SSSR count). The molecule has 0 N–H and O–H groups in total. The number of oxime groups is 1. The molecule has 1 fully saturated rings.